The van der Waals surface area contributed by atoms with Gasteiger partial charge in [0.2, 0.25) is 10.0 Å². The third-order valence-electron chi connectivity index (χ3n) is 3.64. The molecule has 106 valence electrons. The van der Waals surface area contributed by atoms with Gasteiger partial charge in [-0.3, -0.25) is 0 Å². The van der Waals surface area contributed by atoms with E-state index in [9.17, 15) is 8.42 Å². The zero-order valence-electron chi connectivity index (χ0n) is 11.5. The van der Waals surface area contributed by atoms with Gasteiger partial charge in [-0.05, 0) is 37.0 Å². The maximum atomic E-state index is 12.5. The lowest BCUT2D eigenvalue weighted by Crippen LogP contribution is -2.42. The van der Waals surface area contributed by atoms with Crippen molar-refractivity contribution in [2.45, 2.75) is 37.2 Å². The minimum atomic E-state index is -3.38. The average molecular weight is 283 g/mol. The number of ether oxygens (including phenoxy) is 1. The van der Waals surface area contributed by atoms with Crippen LogP contribution in [-0.4, -0.2) is 39.0 Å². The quantitative estimate of drug-likeness (QED) is 0.849. The minimum Gasteiger partial charge on any atom is -0.380 e. The van der Waals surface area contributed by atoms with Crippen LogP contribution in [0.5, 0.6) is 0 Å². The molecule has 1 atom stereocenters. The summed E-state index contributed by atoms with van der Waals surface area (Å²) >= 11 is 0. The van der Waals surface area contributed by atoms with Crippen LogP contribution in [-0.2, 0) is 21.2 Å². The van der Waals surface area contributed by atoms with Crippen LogP contribution >= 0.6 is 0 Å². The topological polar surface area (TPSA) is 46.6 Å². The Morgan fingerprint density at radius 1 is 1.32 bits per heavy atom. The number of aryl methyl sites for hydroxylation is 1. The largest absolute Gasteiger partial charge is 0.380 e. The first-order chi connectivity index (χ1) is 9.07. The molecule has 5 heteroatoms. The minimum absolute atomic E-state index is 0.0124. The molecule has 0 spiro atoms. The van der Waals surface area contributed by atoms with Gasteiger partial charge in [0.25, 0.3) is 0 Å². The van der Waals surface area contributed by atoms with Gasteiger partial charge in [0.05, 0.1) is 11.0 Å². The van der Waals surface area contributed by atoms with Crippen molar-refractivity contribution in [2.75, 3.05) is 20.2 Å². The van der Waals surface area contributed by atoms with Crippen molar-refractivity contribution in [3.05, 3.63) is 29.8 Å². The van der Waals surface area contributed by atoms with E-state index in [0.717, 1.165) is 24.8 Å². The lowest BCUT2D eigenvalue weighted by molar-refractivity contribution is 0.0572. The number of benzene rings is 1. The molecule has 1 aliphatic heterocycles. The van der Waals surface area contributed by atoms with Crippen LogP contribution in [0.2, 0.25) is 0 Å². The van der Waals surface area contributed by atoms with Gasteiger partial charge in [0, 0.05) is 20.2 Å². The van der Waals surface area contributed by atoms with Gasteiger partial charge in [-0.1, -0.05) is 19.1 Å². The molecule has 1 aromatic rings. The molecule has 0 aromatic heterocycles. The van der Waals surface area contributed by atoms with Gasteiger partial charge in [0.1, 0.15) is 0 Å². The van der Waals surface area contributed by atoms with Crippen LogP contribution in [0.15, 0.2) is 29.2 Å². The Kier molecular flexibility index (Phi) is 4.60. The van der Waals surface area contributed by atoms with E-state index in [4.69, 9.17) is 4.74 Å². The second-order valence-electron chi connectivity index (χ2n) is 4.86. The molecule has 1 unspecified atom stereocenters. The molecule has 0 aliphatic carbocycles. The average Bonchev–Trinajstić information content (AvgIpc) is 2.47. The summed E-state index contributed by atoms with van der Waals surface area (Å²) in [6, 6.07) is 7.16. The van der Waals surface area contributed by atoms with Crippen molar-refractivity contribution in [1.29, 1.82) is 0 Å². The molecule has 0 amide bonds. The first-order valence-corrected chi connectivity index (χ1v) is 8.14. The summed E-state index contributed by atoms with van der Waals surface area (Å²) in [7, 11) is -1.74. The third-order valence-corrected chi connectivity index (χ3v) is 5.52. The highest BCUT2D eigenvalue weighted by molar-refractivity contribution is 7.89. The Hall–Kier alpha value is -0.910. The van der Waals surface area contributed by atoms with E-state index >= 15 is 0 Å². The molecule has 1 saturated heterocycles. The molecule has 1 fully saturated rings. The second-order valence-corrected chi connectivity index (χ2v) is 6.80. The highest BCUT2D eigenvalue weighted by atomic mass is 32.2. The fourth-order valence-corrected chi connectivity index (χ4v) is 3.87. The first kappa shape index (κ1) is 14.5. The Balaban J connectivity index is 2.20. The van der Waals surface area contributed by atoms with Crippen LogP contribution in [0.25, 0.3) is 0 Å². The second kappa shape index (κ2) is 6.03. The molecule has 19 heavy (non-hydrogen) atoms. The smallest absolute Gasteiger partial charge is 0.243 e. The lowest BCUT2D eigenvalue weighted by Gasteiger charge is -2.31. The Bertz CT molecular complexity index is 510. The maximum Gasteiger partial charge on any atom is 0.243 e. The number of nitrogens with zero attached hydrogens (tertiary/aromatic N) is 1. The highest BCUT2D eigenvalue weighted by Crippen LogP contribution is 2.22. The van der Waals surface area contributed by atoms with Crippen molar-refractivity contribution in [3.8, 4) is 0 Å². The van der Waals surface area contributed by atoms with Crippen molar-refractivity contribution in [1.82, 2.24) is 4.31 Å². The molecule has 1 aromatic carbocycles. The van der Waals surface area contributed by atoms with Crippen LogP contribution in [0.3, 0.4) is 0 Å². The molecule has 2 rings (SSSR count). The van der Waals surface area contributed by atoms with E-state index < -0.39 is 10.0 Å². The van der Waals surface area contributed by atoms with Crippen LogP contribution in [0.4, 0.5) is 0 Å². The molecular formula is C14H21NO3S. The lowest BCUT2D eigenvalue weighted by atomic mass is 10.1. The number of hydrogen-bond donors (Lipinski definition) is 0. The van der Waals surface area contributed by atoms with E-state index in [-0.39, 0.29) is 6.10 Å². The number of piperidine rings is 1. The Morgan fingerprint density at radius 3 is 2.58 bits per heavy atom. The third kappa shape index (κ3) is 3.16. The predicted molar refractivity (Wildman–Crippen MR) is 74.6 cm³/mol. The molecule has 1 heterocycles. The molecule has 0 N–H and O–H groups in total. The van der Waals surface area contributed by atoms with Crippen LogP contribution in [0, 0.1) is 0 Å². The van der Waals surface area contributed by atoms with Crippen LogP contribution in [0.1, 0.15) is 25.3 Å². The molecule has 0 bridgehead atoms. The SMILES string of the molecule is CCc1ccc(S(=O)(=O)N2CCCC(OC)C2)cc1. The standard InChI is InChI=1S/C14H21NO3S/c1-3-12-6-8-14(9-7-12)19(16,17)15-10-4-5-13(11-15)18-2/h6-9,13H,3-5,10-11H2,1-2H3. The Morgan fingerprint density at radius 2 is 2.00 bits per heavy atom. The number of hydrogen-bond acceptors (Lipinski definition) is 3. The van der Waals surface area contributed by atoms with Gasteiger partial charge in [-0.25, -0.2) is 8.42 Å². The molecule has 4 nitrogen and oxygen atoms in total. The normalized spacial score (nSPS) is 21.5. The number of rotatable bonds is 4. The summed E-state index contributed by atoms with van der Waals surface area (Å²) in [5, 5.41) is 0. The molecule has 1 aliphatic rings. The summed E-state index contributed by atoms with van der Waals surface area (Å²) in [6.45, 7) is 3.09. The zero-order valence-corrected chi connectivity index (χ0v) is 12.3. The molecule has 0 radical (unpaired) electrons. The van der Waals surface area contributed by atoms with Gasteiger partial charge in [-0.2, -0.15) is 4.31 Å². The highest BCUT2D eigenvalue weighted by Gasteiger charge is 2.30. The van der Waals surface area contributed by atoms with E-state index in [1.165, 1.54) is 4.31 Å². The van der Waals surface area contributed by atoms with Gasteiger partial charge < -0.3 is 4.74 Å². The van der Waals surface area contributed by atoms with Crippen molar-refractivity contribution >= 4 is 10.0 Å². The monoisotopic (exact) mass is 283 g/mol. The van der Waals surface area contributed by atoms with Gasteiger partial charge in [-0.15, -0.1) is 0 Å². The summed E-state index contributed by atoms with van der Waals surface area (Å²) < 4.78 is 31.9. The first-order valence-electron chi connectivity index (χ1n) is 6.69. The molecule has 0 saturated carbocycles. The fraction of sp³-hybridized carbons (Fsp3) is 0.571. The van der Waals surface area contributed by atoms with E-state index in [2.05, 4.69) is 6.92 Å². The fourth-order valence-electron chi connectivity index (χ4n) is 2.36. The van der Waals surface area contributed by atoms with Crippen molar-refractivity contribution < 1.29 is 13.2 Å². The number of sulfonamides is 1. The van der Waals surface area contributed by atoms with Crippen LogP contribution < -0.4 is 0 Å². The summed E-state index contributed by atoms with van der Waals surface area (Å²) in [6.07, 6.45) is 2.70. The van der Waals surface area contributed by atoms with Gasteiger partial charge in [0.15, 0.2) is 0 Å². The number of methoxy groups -OCH3 is 1. The van der Waals surface area contributed by atoms with E-state index in [1.807, 2.05) is 12.1 Å². The zero-order chi connectivity index (χ0) is 13.9. The van der Waals surface area contributed by atoms with Gasteiger partial charge >= 0.3 is 0 Å². The Labute approximate surface area is 115 Å². The summed E-state index contributed by atoms with van der Waals surface area (Å²) in [5.74, 6) is 0. The summed E-state index contributed by atoms with van der Waals surface area (Å²) in [4.78, 5) is 0.376. The maximum absolute atomic E-state index is 12.5. The van der Waals surface area contributed by atoms with E-state index in [0.29, 0.717) is 18.0 Å². The molecular weight excluding hydrogens is 262 g/mol. The van der Waals surface area contributed by atoms with Crippen molar-refractivity contribution in [3.63, 3.8) is 0 Å². The van der Waals surface area contributed by atoms with E-state index in [1.54, 1.807) is 19.2 Å². The predicted octanol–water partition coefficient (Wildman–Crippen LogP) is 2.05. The van der Waals surface area contributed by atoms with Crippen molar-refractivity contribution in [2.24, 2.45) is 0 Å². The summed E-state index contributed by atoms with van der Waals surface area (Å²) in [5.41, 5.74) is 1.15.